The van der Waals surface area contributed by atoms with Crippen molar-refractivity contribution in [3.05, 3.63) is 35.9 Å². The van der Waals surface area contributed by atoms with E-state index in [-0.39, 0.29) is 18.7 Å². The largest absolute Gasteiger partial charge is 0.480 e. The van der Waals surface area contributed by atoms with Gasteiger partial charge in [-0.25, -0.2) is 4.39 Å². The lowest BCUT2D eigenvalue weighted by Crippen LogP contribution is -2.49. The number of hydrogen-bond acceptors (Lipinski definition) is 5. The maximum atomic E-state index is 14.6. The van der Waals surface area contributed by atoms with Gasteiger partial charge in [0, 0.05) is 12.5 Å². The number of carboxylic acid groups (broad SMARTS) is 1. The summed E-state index contributed by atoms with van der Waals surface area (Å²) in [6.45, 7) is 1.78. The molecule has 5 N–H and O–H groups in total. The van der Waals surface area contributed by atoms with Crippen molar-refractivity contribution < 1.29 is 24.3 Å². The summed E-state index contributed by atoms with van der Waals surface area (Å²) < 4.78 is 14.6. The van der Waals surface area contributed by atoms with Gasteiger partial charge in [-0.05, 0) is 50.7 Å². The summed E-state index contributed by atoms with van der Waals surface area (Å²) in [5, 5.41) is 27.2. The van der Waals surface area contributed by atoms with Crippen LogP contribution in [0.2, 0.25) is 6.32 Å². The molecule has 2 rings (SSSR count). The number of piperidine rings is 1. The van der Waals surface area contributed by atoms with Crippen molar-refractivity contribution in [1.29, 1.82) is 0 Å². The molecule has 3 atom stereocenters. The molecule has 1 saturated heterocycles. The topological polar surface area (TPSA) is 107 Å². The Kier molecular flexibility index (Phi) is 8.88. The van der Waals surface area contributed by atoms with E-state index in [1.165, 1.54) is 0 Å². The average molecular weight is 394 g/mol. The highest BCUT2D eigenvalue weighted by molar-refractivity contribution is 6.40. The van der Waals surface area contributed by atoms with Gasteiger partial charge in [0.05, 0.1) is 0 Å². The first-order valence-electron chi connectivity index (χ1n) is 10.1. The minimum Gasteiger partial charge on any atom is -0.480 e. The Morgan fingerprint density at radius 2 is 1.89 bits per heavy atom. The minimum absolute atomic E-state index is 0.0769. The molecular formula is C20H32BFN2O4. The van der Waals surface area contributed by atoms with Crippen molar-refractivity contribution in [2.24, 2.45) is 5.73 Å². The number of nitrogens with two attached hydrogens (primary N) is 1. The monoisotopic (exact) mass is 394 g/mol. The van der Waals surface area contributed by atoms with E-state index >= 15 is 0 Å². The van der Waals surface area contributed by atoms with Gasteiger partial charge >= 0.3 is 13.1 Å². The Morgan fingerprint density at radius 1 is 1.21 bits per heavy atom. The van der Waals surface area contributed by atoms with Gasteiger partial charge in [0.25, 0.3) is 0 Å². The van der Waals surface area contributed by atoms with Crippen LogP contribution in [0.1, 0.15) is 50.0 Å². The number of aliphatic carboxylic acids is 1. The lowest BCUT2D eigenvalue weighted by Gasteiger charge is -2.35. The number of carboxylic acids is 1. The third-order valence-corrected chi connectivity index (χ3v) is 5.71. The minimum atomic E-state index is -1.37. The van der Waals surface area contributed by atoms with Crippen molar-refractivity contribution in [3.63, 3.8) is 0 Å². The maximum Gasteiger partial charge on any atom is 0.451 e. The van der Waals surface area contributed by atoms with Crippen LogP contribution < -0.4 is 5.73 Å². The van der Waals surface area contributed by atoms with Crippen LogP contribution in [0.15, 0.2) is 30.3 Å². The Labute approximate surface area is 166 Å². The van der Waals surface area contributed by atoms with E-state index < -0.39 is 24.8 Å². The van der Waals surface area contributed by atoms with Crippen LogP contribution in [0.5, 0.6) is 0 Å². The highest BCUT2D eigenvalue weighted by Crippen LogP contribution is 2.30. The molecule has 156 valence electrons. The number of halogens is 1. The van der Waals surface area contributed by atoms with E-state index in [0.29, 0.717) is 38.8 Å². The molecule has 0 bridgehead atoms. The van der Waals surface area contributed by atoms with Gasteiger partial charge in [0.15, 0.2) is 0 Å². The molecule has 6 nitrogen and oxygen atoms in total. The molecule has 1 aromatic rings. The molecule has 8 heteroatoms. The Balaban J connectivity index is 1.76. The molecule has 0 spiro atoms. The molecule has 3 unspecified atom stereocenters. The quantitative estimate of drug-likeness (QED) is 0.338. The van der Waals surface area contributed by atoms with Crippen molar-refractivity contribution >= 4 is 13.1 Å². The first-order valence-corrected chi connectivity index (χ1v) is 10.1. The van der Waals surface area contributed by atoms with Crippen LogP contribution in [0.3, 0.4) is 0 Å². The van der Waals surface area contributed by atoms with Crippen LogP contribution in [0, 0.1) is 0 Å². The number of likely N-dealkylation sites (tertiary alicyclic amines) is 1. The molecule has 0 radical (unpaired) electrons. The first kappa shape index (κ1) is 22.8. The molecule has 0 amide bonds. The molecule has 0 aliphatic carbocycles. The van der Waals surface area contributed by atoms with Gasteiger partial charge in [-0.3, -0.25) is 4.79 Å². The van der Waals surface area contributed by atoms with E-state index in [9.17, 15) is 14.3 Å². The molecule has 1 fully saturated rings. The Morgan fingerprint density at radius 3 is 2.50 bits per heavy atom. The molecule has 1 aromatic carbocycles. The zero-order chi connectivity index (χ0) is 20.6. The Bertz CT molecular complexity index is 607. The van der Waals surface area contributed by atoms with Crippen LogP contribution >= 0.6 is 0 Å². The van der Waals surface area contributed by atoms with Gasteiger partial charge in [-0.2, -0.15) is 0 Å². The van der Waals surface area contributed by atoms with Gasteiger partial charge in [0.1, 0.15) is 11.7 Å². The summed E-state index contributed by atoms with van der Waals surface area (Å²) in [7, 11) is -1.37. The van der Waals surface area contributed by atoms with Crippen molar-refractivity contribution in [2.75, 3.05) is 19.6 Å². The molecule has 1 aliphatic heterocycles. The van der Waals surface area contributed by atoms with Gasteiger partial charge < -0.3 is 25.8 Å². The van der Waals surface area contributed by atoms with E-state index in [4.69, 9.17) is 15.8 Å². The fourth-order valence-corrected chi connectivity index (χ4v) is 3.97. The van der Waals surface area contributed by atoms with Gasteiger partial charge in [0.2, 0.25) is 0 Å². The molecule has 0 saturated carbocycles. The van der Waals surface area contributed by atoms with E-state index in [0.717, 1.165) is 18.5 Å². The van der Waals surface area contributed by atoms with Crippen LogP contribution in [0.4, 0.5) is 4.39 Å². The van der Waals surface area contributed by atoms with E-state index in [2.05, 4.69) is 4.90 Å². The normalized spacial score (nSPS) is 22.6. The van der Waals surface area contributed by atoms with Crippen LogP contribution in [-0.2, 0) is 4.79 Å². The third kappa shape index (κ3) is 6.85. The number of carbonyl (C=O) groups is 1. The molecular weight excluding hydrogens is 362 g/mol. The van der Waals surface area contributed by atoms with Crippen molar-refractivity contribution in [1.82, 2.24) is 4.90 Å². The predicted octanol–water partition coefficient (Wildman–Crippen LogP) is 2.02. The average Bonchev–Trinajstić information content (AvgIpc) is 2.66. The number of benzene rings is 1. The zero-order valence-electron chi connectivity index (χ0n) is 16.3. The zero-order valence-corrected chi connectivity index (χ0v) is 16.3. The highest BCUT2D eigenvalue weighted by atomic mass is 19.1. The summed E-state index contributed by atoms with van der Waals surface area (Å²) in [6.07, 6.45) is 2.27. The summed E-state index contributed by atoms with van der Waals surface area (Å²) >= 11 is 0. The number of hydrogen-bond donors (Lipinski definition) is 4. The third-order valence-electron chi connectivity index (χ3n) is 5.71. The first-order chi connectivity index (χ1) is 13.3. The van der Waals surface area contributed by atoms with Crippen LogP contribution in [0.25, 0.3) is 0 Å². The SMILES string of the molecule is NC(CCCCB(O)O)(CCCN1CCC(c2ccccc2)C(F)C1)C(=O)O. The van der Waals surface area contributed by atoms with Crippen molar-refractivity contribution in [2.45, 2.75) is 62.5 Å². The number of unbranched alkanes of at least 4 members (excludes halogenated alkanes) is 1. The van der Waals surface area contributed by atoms with E-state index in [1.54, 1.807) is 0 Å². The second-order valence-corrected chi connectivity index (χ2v) is 7.91. The van der Waals surface area contributed by atoms with Crippen LogP contribution in [-0.4, -0.2) is 64.5 Å². The lowest BCUT2D eigenvalue weighted by atomic mass is 9.81. The smallest absolute Gasteiger partial charge is 0.451 e. The lowest BCUT2D eigenvalue weighted by molar-refractivity contribution is -0.144. The maximum absolute atomic E-state index is 14.6. The highest BCUT2D eigenvalue weighted by Gasteiger charge is 2.34. The van der Waals surface area contributed by atoms with Gasteiger partial charge in [-0.15, -0.1) is 0 Å². The second-order valence-electron chi connectivity index (χ2n) is 7.91. The summed E-state index contributed by atoms with van der Waals surface area (Å²) in [5.74, 6) is -1.12. The molecule has 28 heavy (non-hydrogen) atoms. The predicted molar refractivity (Wildman–Crippen MR) is 108 cm³/mol. The number of rotatable bonds is 11. The van der Waals surface area contributed by atoms with Gasteiger partial charge in [-0.1, -0.05) is 43.2 Å². The number of alkyl halides is 1. The molecule has 1 aliphatic rings. The standard InChI is InChI=1S/C20H32BFN2O4/c22-18-15-24(14-9-17(18)16-7-2-1-3-8-16)13-6-11-20(23,19(25)26)10-4-5-12-21(27)28/h1-3,7-8,17-18,27-28H,4-6,9-15,23H2,(H,25,26). The fourth-order valence-electron chi connectivity index (χ4n) is 3.97. The number of nitrogens with zero attached hydrogens (tertiary/aromatic N) is 1. The van der Waals surface area contributed by atoms with Crippen molar-refractivity contribution in [3.8, 4) is 0 Å². The van der Waals surface area contributed by atoms with E-state index in [1.807, 2.05) is 30.3 Å². The summed E-state index contributed by atoms with van der Waals surface area (Å²) in [6, 6.07) is 9.74. The fraction of sp³-hybridized carbons (Fsp3) is 0.650. The summed E-state index contributed by atoms with van der Waals surface area (Å²) in [5.41, 5.74) is 5.80. The second kappa shape index (κ2) is 10.9. The summed E-state index contributed by atoms with van der Waals surface area (Å²) in [4.78, 5) is 13.6. The molecule has 1 heterocycles. The Hall–Kier alpha value is -1.48. The molecule has 0 aromatic heterocycles.